The van der Waals surface area contributed by atoms with Crippen molar-refractivity contribution in [2.45, 2.75) is 44.6 Å². The van der Waals surface area contributed by atoms with Crippen LogP contribution in [0.3, 0.4) is 0 Å². The number of carbonyl (C=O) groups excluding carboxylic acids is 1. The van der Waals surface area contributed by atoms with Crippen molar-refractivity contribution in [3.63, 3.8) is 0 Å². The molecule has 0 unspecified atom stereocenters. The SMILES string of the molecule is COC(=O)c1ccc2c(c1)-c1c(C)cc(OCC3(O)CCSCC3)cc1CCC2. The smallest absolute Gasteiger partial charge is 0.337 e. The highest BCUT2D eigenvalue weighted by atomic mass is 32.2. The van der Waals surface area contributed by atoms with Gasteiger partial charge in [0.25, 0.3) is 0 Å². The second-order valence-electron chi connectivity index (χ2n) is 8.12. The van der Waals surface area contributed by atoms with Crippen molar-refractivity contribution < 1.29 is 19.4 Å². The first-order valence-electron chi connectivity index (χ1n) is 10.3. The largest absolute Gasteiger partial charge is 0.491 e. The van der Waals surface area contributed by atoms with Crippen molar-refractivity contribution in [1.29, 1.82) is 0 Å². The monoisotopic (exact) mass is 412 g/mol. The molecule has 0 radical (unpaired) electrons. The van der Waals surface area contributed by atoms with E-state index in [9.17, 15) is 9.90 Å². The van der Waals surface area contributed by atoms with Gasteiger partial charge in [-0.15, -0.1) is 0 Å². The van der Waals surface area contributed by atoms with Crippen LogP contribution in [0.1, 0.15) is 46.3 Å². The molecule has 1 aliphatic heterocycles. The van der Waals surface area contributed by atoms with Crippen LogP contribution in [0.15, 0.2) is 30.3 Å². The molecule has 154 valence electrons. The predicted molar refractivity (Wildman–Crippen MR) is 117 cm³/mol. The summed E-state index contributed by atoms with van der Waals surface area (Å²) in [6.07, 6.45) is 4.58. The highest BCUT2D eigenvalue weighted by Gasteiger charge is 2.30. The van der Waals surface area contributed by atoms with Crippen LogP contribution in [0.5, 0.6) is 5.75 Å². The van der Waals surface area contributed by atoms with Crippen LogP contribution >= 0.6 is 11.8 Å². The van der Waals surface area contributed by atoms with Gasteiger partial charge in [0.05, 0.1) is 12.7 Å². The van der Waals surface area contributed by atoms with Crippen molar-refractivity contribution in [1.82, 2.24) is 0 Å². The molecule has 0 spiro atoms. The topological polar surface area (TPSA) is 55.8 Å². The summed E-state index contributed by atoms with van der Waals surface area (Å²) >= 11 is 1.89. The lowest BCUT2D eigenvalue weighted by Crippen LogP contribution is -2.39. The average Bonchev–Trinajstić information content (AvgIpc) is 2.91. The quantitative estimate of drug-likeness (QED) is 0.746. The van der Waals surface area contributed by atoms with Gasteiger partial charge in [0.2, 0.25) is 0 Å². The number of benzene rings is 2. The fraction of sp³-hybridized carbons (Fsp3) is 0.458. The zero-order chi connectivity index (χ0) is 20.4. The number of hydrogen-bond acceptors (Lipinski definition) is 5. The van der Waals surface area contributed by atoms with Gasteiger partial charge >= 0.3 is 5.97 Å². The lowest BCUT2D eigenvalue weighted by Gasteiger charge is -2.31. The Morgan fingerprint density at radius 2 is 1.90 bits per heavy atom. The van der Waals surface area contributed by atoms with E-state index in [2.05, 4.69) is 25.1 Å². The van der Waals surface area contributed by atoms with Gasteiger partial charge in [-0.25, -0.2) is 4.79 Å². The number of ether oxygens (including phenoxy) is 2. The maximum absolute atomic E-state index is 12.0. The third-order valence-corrected chi connectivity index (χ3v) is 7.00. The number of thioether (sulfide) groups is 1. The molecular weight excluding hydrogens is 384 g/mol. The normalized spacial score (nSPS) is 17.6. The van der Waals surface area contributed by atoms with E-state index < -0.39 is 5.60 Å². The van der Waals surface area contributed by atoms with E-state index in [1.807, 2.05) is 23.9 Å². The minimum atomic E-state index is -0.714. The molecule has 0 atom stereocenters. The van der Waals surface area contributed by atoms with Gasteiger partial charge in [-0.1, -0.05) is 6.07 Å². The summed E-state index contributed by atoms with van der Waals surface area (Å²) in [5, 5.41) is 10.7. The molecule has 1 saturated heterocycles. The predicted octanol–water partition coefficient (Wildman–Crippen LogP) is 4.57. The molecule has 29 heavy (non-hydrogen) atoms. The number of fused-ring (bicyclic) bond motifs is 3. The number of rotatable bonds is 4. The Hall–Kier alpha value is -1.98. The van der Waals surface area contributed by atoms with E-state index >= 15 is 0 Å². The Kier molecular flexibility index (Phi) is 5.88. The standard InChI is InChI=1S/C24H28O4S/c1-16-12-20(28-15-24(26)8-10-29-11-9-24)13-18-5-3-4-17-6-7-19(23(25)27-2)14-21(17)22(16)18/h6-7,12-14,26H,3-5,8-11,15H2,1-2H3. The van der Waals surface area contributed by atoms with Gasteiger partial charge < -0.3 is 14.6 Å². The molecule has 2 aromatic rings. The van der Waals surface area contributed by atoms with E-state index in [0.29, 0.717) is 12.2 Å². The summed E-state index contributed by atoms with van der Waals surface area (Å²) in [6, 6.07) is 10.0. The summed E-state index contributed by atoms with van der Waals surface area (Å²) in [7, 11) is 1.41. The molecule has 1 aliphatic carbocycles. The van der Waals surface area contributed by atoms with Gasteiger partial charge in [0, 0.05) is 0 Å². The summed E-state index contributed by atoms with van der Waals surface area (Å²) < 4.78 is 11.0. The molecule has 0 aromatic heterocycles. The first-order valence-corrected chi connectivity index (χ1v) is 11.4. The minimum Gasteiger partial charge on any atom is -0.491 e. The molecule has 1 fully saturated rings. The Morgan fingerprint density at radius 3 is 2.66 bits per heavy atom. The molecule has 2 aliphatic rings. The van der Waals surface area contributed by atoms with Crippen LogP contribution in [0, 0.1) is 6.92 Å². The lowest BCUT2D eigenvalue weighted by atomic mass is 9.91. The number of hydrogen-bond donors (Lipinski definition) is 1. The molecule has 5 heteroatoms. The van der Waals surface area contributed by atoms with Crippen LogP contribution < -0.4 is 4.74 Å². The molecule has 2 aromatic carbocycles. The van der Waals surface area contributed by atoms with Crippen molar-refractivity contribution in [3.8, 4) is 16.9 Å². The Bertz CT molecular complexity index is 915. The van der Waals surface area contributed by atoms with Gasteiger partial charge in [-0.3, -0.25) is 0 Å². The average molecular weight is 413 g/mol. The van der Waals surface area contributed by atoms with E-state index in [1.54, 1.807) is 0 Å². The highest BCUT2D eigenvalue weighted by Crippen LogP contribution is 2.38. The molecule has 1 N–H and O–H groups in total. The molecule has 0 amide bonds. The molecule has 4 rings (SSSR count). The number of methoxy groups -OCH3 is 1. The second kappa shape index (κ2) is 8.41. The Morgan fingerprint density at radius 1 is 1.14 bits per heavy atom. The van der Waals surface area contributed by atoms with E-state index in [0.717, 1.165) is 60.5 Å². The third-order valence-electron chi connectivity index (χ3n) is 6.01. The number of aryl methyl sites for hydroxylation is 3. The van der Waals surface area contributed by atoms with Crippen LogP contribution in [-0.4, -0.2) is 41.9 Å². The molecule has 0 bridgehead atoms. The van der Waals surface area contributed by atoms with Crippen LogP contribution in [0.2, 0.25) is 0 Å². The van der Waals surface area contributed by atoms with Crippen molar-refractivity contribution in [2.24, 2.45) is 0 Å². The lowest BCUT2D eigenvalue weighted by molar-refractivity contribution is -0.0116. The van der Waals surface area contributed by atoms with E-state index in [-0.39, 0.29) is 5.97 Å². The summed E-state index contributed by atoms with van der Waals surface area (Å²) in [4.78, 5) is 12.0. The maximum Gasteiger partial charge on any atom is 0.337 e. The maximum atomic E-state index is 12.0. The van der Waals surface area contributed by atoms with Crippen LogP contribution in [0.4, 0.5) is 0 Å². The summed E-state index contributed by atoms with van der Waals surface area (Å²) in [5.41, 5.74) is 5.82. The van der Waals surface area contributed by atoms with Crippen molar-refractivity contribution in [2.75, 3.05) is 25.2 Å². The first kappa shape index (κ1) is 20.3. The van der Waals surface area contributed by atoms with Gasteiger partial charge in [0.15, 0.2) is 0 Å². The molecule has 4 nitrogen and oxygen atoms in total. The van der Waals surface area contributed by atoms with Gasteiger partial charge in [-0.2, -0.15) is 11.8 Å². The minimum absolute atomic E-state index is 0.310. The molecular formula is C24H28O4S. The fourth-order valence-electron chi connectivity index (χ4n) is 4.34. The highest BCUT2D eigenvalue weighted by molar-refractivity contribution is 7.99. The zero-order valence-electron chi connectivity index (χ0n) is 17.1. The second-order valence-corrected chi connectivity index (χ2v) is 9.34. The van der Waals surface area contributed by atoms with E-state index in [4.69, 9.17) is 9.47 Å². The zero-order valence-corrected chi connectivity index (χ0v) is 17.9. The number of aliphatic hydroxyl groups is 1. The molecule has 0 saturated carbocycles. The summed E-state index contributed by atoms with van der Waals surface area (Å²) in [5.74, 6) is 2.49. The van der Waals surface area contributed by atoms with Gasteiger partial charge in [0.1, 0.15) is 18.0 Å². The fourth-order valence-corrected chi connectivity index (χ4v) is 5.60. The third kappa shape index (κ3) is 4.31. The van der Waals surface area contributed by atoms with E-state index in [1.165, 1.54) is 23.8 Å². The van der Waals surface area contributed by atoms with Crippen LogP contribution in [-0.2, 0) is 17.6 Å². The summed E-state index contributed by atoms with van der Waals surface area (Å²) in [6.45, 7) is 2.44. The number of esters is 1. The first-order chi connectivity index (χ1) is 14.0. The van der Waals surface area contributed by atoms with Crippen molar-refractivity contribution in [3.05, 3.63) is 52.6 Å². The molecule has 1 heterocycles. The Labute approximate surface area is 176 Å². The van der Waals surface area contributed by atoms with Crippen molar-refractivity contribution >= 4 is 17.7 Å². The van der Waals surface area contributed by atoms with Crippen LogP contribution in [0.25, 0.3) is 11.1 Å². The number of carbonyl (C=O) groups is 1. The van der Waals surface area contributed by atoms with Gasteiger partial charge in [-0.05, 0) is 103 Å². The Balaban J connectivity index is 1.65.